The number of aliphatic hydroxyl groups is 1. The maximum absolute atomic E-state index is 10.9. The van der Waals surface area contributed by atoms with Crippen LogP contribution in [-0.2, 0) is 18.9 Å². The van der Waals surface area contributed by atoms with Crippen LogP contribution in [0.3, 0.4) is 0 Å². The maximum Gasteiger partial charge on any atom is 0.170 e. The van der Waals surface area contributed by atoms with E-state index in [0.29, 0.717) is 47.0 Å². The van der Waals surface area contributed by atoms with Gasteiger partial charge in [0.2, 0.25) is 0 Å². The van der Waals surface area contributed by atoms with Gasteiger partial charge in [0.25, 0.3) is 0 Å². The number of ether oxygens (including phenoxy) is 4. The van der Waals surface area contributed by atoms with Crippen LogP contribution in [0.2, 0.25) is 0 Å². The summed E-state index contributed by atoms with van der Waals surface area (Å²) < 4.78 is 26.2. The Hall–Kier alpha value is -0.280. The first-order valence-electron chi connectivity index (χ1n) is 18.6. The van der Waals surface area contributed by atoms with Gasteiger partial charge < -0.3 is 29.4 Å². The molecule has 7 heteroatoms. The first-order valence-corrected chi connectivity index (χ1v) is 18.6. The highest BCUT2D eigenvalue weighted by atomic mass is 16.7. The molecular weight excluding hydrogens is 564 g/mol. The third-order valence-corrected chi connectivity index (χ3v) is 15.6. The zero-order chi connectivity index (χ0) is 30.7. The maximum atomic E-state index is 10.9. The van der Waals surface area contributed by atoms with E-state index in [4.69, 9.17) is 18.9 Å². The molecule has 3 saturated heterocycles. The van der Waals surface area contributed by atoms with E-state index in [1.54, 1.807) is 0 Å². The number of fused-ring (bicyclic) bond motifs is 4. The number of morpholine rings is 1. The van der Waals surface area contributed by atoms with Crippen LogP contribution >= 0.6 is 0 Å². The van der Waals surface area contributed by atoms with Gasteiger partial charge in [-0.3, -0.25) is 4.90 Å². The smallest absolute Gasteiger partial charge is 0.170 e. The molecule has 12 atom stereocenters. The summed E-state index contributed by atoms with van der Waals surface area (Å²) in [7, 11) is 0. The standard InChI is InChI=1S/C37H62N2O5.CH4/c1-7-41-32(34(4,5)40)27-10-8-25-28(43-27)18-26-24-9-11-29-33(2,3)30(44-31-21-39(16-17-42-31)23-19-38-20-23)12-13-37(29)22-36(24,37)15-14-35(25,26)6;/h23-32,38,40H,7-22H2,1-6H3;1H4. The van der Waals surface area contributed by atoms with Crippen molar-refractivity contribution in [1.82, 2.24) is 10.2 Å². The summed E-state index contributed by atoms with van der Waals surface area (Å²) in [5.41, 5.74) is 0.759. The summed E-state index contributed by atoms with van der Waals surface area (Å²) in [4.78, 5) is 2.59. The van der Waals surface area contributed by atoms with Gasteiger partial charge in [0.15, 0.2) is 6.29 Å². The highest BCUT2D eigenvalue weighted by Crippen LogP contribution is 2.87. The molecule has 3 heterocycles. The van der Waals surface area contributed by atoms with Gasteiger partial charge in [0, 0.05) is 38.8 Å². The van der Waals surface area contributed by atoms with Gasteiger partial charge in [0.1, 0.15) is 6.10 Å². The summed E-state index contributed by atoms with van der Waals surface area (Å²) in [6.45, 7) is 19.1. The predicted molar refractivity (Wildman–Crippen MR) is 177 cm³/mol. The first kappa shape index (κ1) is 33.2. The Bertz CT molecular complexity index is 1090. The average Bonchev–Trinajstić information content (AvgIpc) is 3.52. The molecule has 0 aromatic heterocycles. The molecule has 0 radical (unpaired) electrons. The van der Waals surface area contributed by atoms with E-state index in [0.717, 1.165) is 57.0 Å². The van der Waals surface area contributed by atoms with Gasteiger partial charge in [-0.1, -0.05) is 28.2 Å². The van der Waals surface area contributed by atoms with Crippen molar-refractivity contribution in [1.29, 1.82) is 0 Å². The van der Waals surface area contributed by atoms with Crippen molar-refractivity contribution in [2.75, 3.05) is 39.4 Å². The van der Waals surface area contributed by atoms with Crippen LogP contribution in [0.1, 0.15) is 113 Å². The second-order valence-corrected chi connectivity index (χ2v) is 18.1. The average molecular weight is 631 g/mol. The minimum Gasteiger partial charge on any atom is -0.388 e. The number of nitrogens with zero attached hydrogens (tertiary/aromatic N) is 1. The molecule has 2 spiro atoms. The summed E-state index contributed by atoms with van der Waals surface area (Å²) in [5, 5.41) is 14.4. The lowest BCUT2D eigenvalue weighted by atomic mass is 9.46. The monoisotopic (exact) mass is 630 g/mol. The normalized spacial score (nSPS) is 49.7. The lowest BCUT2D eigenvalue weighted by Crippen LogP contribution is -2.62. The molecule has 0 aromatic carbocycles. The minimum absolute atomic E-state index is 0. The molecule has 0 amide bonds. The van der Waals surface area contributed by atoms with Gasteiger partial charge in [-0.2, -0.15) is 0 Å². The topological polar surface area (TPSA) is 72.4 Å². The van der Waals surface area contributed by atoms with Crippen LogP contribution in [0.5, 0.6) is 0 Å². The fourth-order valence-electron chi connectivity index (χ4n) is 13.4. The first-order chi connectivity index (χ1) is 20.9. The van der Waals surface area contributed by atoms with E-state index in [9.17, 15) is 5.11 Å². The van der Waals surface area contributed by atoms with E-state index in [2.05, 4.69) is 31.0 Å². The minimum atomic E-state index is -0.891. The summed E-state index contributed by atoms with van der Waals surface area (Å²) >= 11 is 0. The fraction of sp³-hybridized carbons (Fsp3) is 1.00. The Labute approximate surface area is 274 Å². The molecule has 8 aliphatic rings. The molecule has 5 aliphatic carbocycles. The van der Waals surface area contributed by atoms with Crippen molar-refractivity contribution in [3.63, 3.8) is 0 Å². The summed E-state index contributed by atoms with van der Waals surface area (Å²) in [6, 6.07) is 0.662. The van der Waals surface area contributed by atoms with Gasteiger partial charge in [0.05, 0.1) is 30.5 Å². The third-order valence-electron chi connectivity index (χ3n) is 15.6. The van der Waals surface area contributed by atoms with E-state index >= 15 is 0 Å². The van der Waals surface area contributed by atoms with Crippen LogP contribution in [0, 0.1) is 45.3 Å². The SMILES string of the molecule is C.CCOC(C1CCC2C(CC3C4CCC5C(C)(C)C(OC6CN(C7CNC7)CCO6)CCC56CC46CCC23C)O1)C(C)(C)O. The zero-order valence-corrected chi connectivity index (χ0v) is 28.6. The van der Waals surface area contributed by atoms with Crippen LogP contribution in [0.4, 0.5) is 0 Å². The van der Waals surface area contributed by atoms with Crippen molar-refractivity contribution in [3.05, 3.63) is 0 Å². The van der Waals surface area contributed by atoms with Gasteiger partial charge >= 0.3 is 0 Å². The quantitative estimate of drug-likeness (QED) is 0.357. The van der Waals surface area contributed by atoms with E-state index in [1.165, 1.54) is 57.8 Å². The Morgan fingerprint density at radius 3 is 2.47 bits per heavy atom. The molecule has 7 nitrogen and oxygen atoms in total. The second-order valence-electron chi connectivity index (χ2n) is 18.1. The Morgan fingerprint density at radius 2 is 1.76 bits per heavy atom. The molecule has 3 aliphatic heterocycles. The molecule has 12 unspecified atom stereocenters. The lowest BCUT2D eigenvalue weighted by molar-refractivity contribution is -0.248. The number of hydrogen-bond donors (Lipinski definition) is 2. The highest BCUT2D eigenvalue weighted by Gasteiger charge is 2.80. The third kappa shape index (κ3) is 4.89. The van der Waals surface area contributed by atoms with Crippen LogP contribution in [-0.4, -0.2) is 91.7 Å². The van der Waals surface area contributed by atoms with Gasteiger partial charge in [-0.05, 0) is 130 Å². The number of nitrogens with one attached hydrogen (secondary N) is 1. The Kier molecular flexibility index (Phi) is 8.41. The fourth-order valence-corrected chi connectivity index (χ4v) is 13.4. The summed E-state index contributed by atoms with van der Waals surface area (Å²) in [6.07, 6.45) is 13.3. The molecule has 258 valence electrons. The second kappa shape index (κ2) is 11.4. The van der Waals surface area contributed by atoms with Crippen LogP contribution < -0.4 is 5.32 Å². The Balaban J connectivity index is 0.00000325. The molecule has 8 rings (SSSR count). The van der Waals surface area contributed by atoms with Crippen molar-refractivity contribution < 1.29 is 24.1 Å². The molecule has 0 aromatic rings. The van der Waals surface area contributed by atoms with E-state index in [-0.39, 0.29) is 31.3 Å². The van der Waals surface area contributed by atoms with Crippen molar-refractivity contribution >= 4 is 0 Å². The molecular formula is C38H66N2O5. The van der Waals surface area contributed by atoms with Crippen molar-refractivity contribution in [2.45, 2.75) is 156 Å². The summed E-state index contributed by atoms with van der Waals surface area (Å²) in [5.74, 6) is 3.04. The van der Waals surface area contributed by atoms with E-state index < -0.39 is 5.60 Å². The highest BCUT2D eigenvalue weighted by molar-refractivity contribution is 5.29. The van der Waals surface area contributed by atoms with Crippen molar-refractivity contribution in [3.8, 4) is 0 Å². The van der Waals surface area contributed by atoms with Crippen LogP contribution in [0.15, 0.2) is 0 Å². The molecule has 45 heavy (non-hydrogen) atoms. The molecule has 0 bridgehead atoms. The molecule has 2 N–H and O–H groups in total. The molecule has 5 saturated carbocycles. The van der Waals surface area contributed by atoms with Gasteiger partial charge in [-0.25, -0.2) is 0 Å². The largest absolute Gasteiger partial charge is 0.388 e. The van der Waals surface area contributed by atoms with E-state index in [1.807, 2.05) is 20.8 Å². The predicted octanol–water partition coefficient (Wildman–Crippen LogP) is 6.02. The number of hydrogen-bond acceptors (Lipinski definition) is 7. The zero-order valence-electron chi connectivity index (χ0n) is 28.6. The Morgan fingerprint density at radius 1 is 0.978 bits per heavy atom. The van der Waals surface area contributed by atoms with Gasteiger partial charge in [-0.15, -0.1) is 0 Å². The van der Waals surface area contributed by atoms with Crippen LogP contribution in [0.25, 0.3) is 0 Å². The van der Waals surface area contributed by atoms with Crippen molar-refractivity contribution in [2.24, 2.45) is 45.3 Å². The number of rotatable bonds is 7. The molecule has 8 fully saturated rings. The lowest BCUT2D eigenvalue weighted by Gasteiger charge is -2.60.